The lowest BCUT2D eigenvalue weighted by Crippen LogP contribution is -2.74. The van der Waals surface area contributed by atoms with Crippen LogP contribution >= 0.6 is 0 Å². The third kappa shape index (κ3) is 5.68. The van der Waals surface area contributed by atoms with Crippen LogP contribution in [0.5, 0.6) is 0 Å². The molecule has 0 aliphatic carbocycles. The molecule has 0 N–H and O–H groups in total. The van der Waals surface area contributed by atoms with Crippen molar-refractivity contribution in [3.05, 3.63) is 12.7 Å². The van der Waals surface area contributed by atoms with Crippen LogP contribution in [0.2, 0.25) is 11.6 Å². The molecule has 18 heteroatoms. The number of alkyl halides is 3. The topological polar surface area (TPSA) is 64.6 Å². The Labute approximate surface area is 191 Å². The zero-order valence-corrected chi connectivity index (χ0v) is 33.0. The Morgan fingerprint density at radius 2 is 1.28 bits per heavy atom. The highest BCUT2D eigenvalue weighted by atomic mass is 28.5. The standard InChI is InChI=1S/C11H35F3O7Si8/c1-6-10(17-24,7-11(12,13)14)8(2,3)28(5,9(4,15-22)16-23)21-29(18-25,19-26)20-27/h6H,1,7H2,2-5,22-27H3. The van der Waals surface area contributed by atoms with E-state index in [1.54, 1.807) is 27.3 Å². The summed E-state index contributed by atoms with van der Waals surface area (Å²) in [6, 6.07) is 0. The summed E-state index contributed by atoms with van der Waals surface area (Å²) in [4.78, 5) is 0. The van der Waals surface area contributed by atoms with Crippen molar-refractivity contribution < 1.29 is 42.9 Å². The molecule has 174 valence electrons. The Bertz CT molecular complexity index is 541. The van der Waals surface area contributed by atoms with Crippen LogP contribution in [0.4, 0.5) is 13.2 Å². The maximum Gasteiger partial charge on any atom is 0.635 e. The third-order valence-corrected chi connectivity index (χ3v) is 22.8. The summed E-state index contributed by atoms with van der Waals surface area (Å²) in [5.41, 5.74) is -2.98. The average Bonchev–Trinajstić information content (AvgIpc) is 2.68. The van der Waals surface area contributed by atoms with E-state index in [1.165, 1.54) is 6.08 Å². The Hall–Kier alpha value is 0.985. The third-order valence-electron chi connectivity index (χ3n) is 6.13. The van der Waals surface area contributed by atoms with Gasteiger partial charge in [-0.2, -0.15) is 13.2 Å². The minimum absolute atomic E-state index is 0.0675. The molecule has 0 aromatic rings. The summed E-state index contributed by atoms with van der Waals surface area (Å²) in [5.74, 6) is 0. The maximum atomic E-state index is 13.6. The number of hydrogen-bond acceptors (Lipinski definition) is 7. The molecule has 0 spiro atoms. The van der Waals surface area contributed by atoms with Gasteiger partial charge < -0.3 is 29.7 Å². The Morgan fingerprint density at radius 1 is 0.862 bits per heavy atom. The second-order valence-electron chi connectivity index (χ2n) is 7.32. The lowest BCUT2D eigenvalue weighted by molar-refractivity contribution is -0.169. The molecule has 0 aromatic heterocycles. The van der Waals surface area contributed by atoms with Crippen molar-refractivity contribution in [2.24, 2.45) is 0 Å². The van der Waals surface area contributed by atoms with Crippen molar-refractivity contribution >= 4 is 80.3 Å². The molecule has 0 saturated carbocycles. The van der Waals surface area contributed by atoms with E-state index in [0.29, 0.717) is 21.0 Å². The van der Waals surface area contributed by atoms with Gasteiger partial charge in [-0.1, -0.05) is 19.9 Å². The van der Waals surface area contributed by atoms with E-state index in [1.807, 2.05) is 0 Å². The van der Waals surface area contributed by atoms with E-state index in [0.717, 1.165) is 0 Å². The molecule has 29 heavy (non-hydrogen) atoms. The summed E-state index contributed by atoms with van der Waals surface area (Å²) in [6.07, 6.45) is -4.45. The predicted octanol–water partition coefficient (Wildman–Crippen LogP) is -4.29. The zero-order valence-electron chi connectivity index (χ0n) is 19.0. The molecule has 0 radical (unpaired) electrons. The van der Waals surface area contributed by atoms with Crippen molar-refractivity contribution in [2.75, 3.05) is 0 Å². The SMILES string of the molecule is C=CC(CC(F)(F)F)(O[SiH3])C(C)(C)[Si](C)(O[Si](O[SiH3])(O[SiH3])O[SiH3])C(C)(O[SiH3])O[SiH3]. The van der Waals surface area contributed by atoms with E-state index in [4.69, 9.17) is 29.7 Å². The minimum atomic E-state index is -4.48. The molecule has 0 aliphatic heterocycles. The molecular weight excluding hydrogens is 526 g/mol. The lowest BCUT2D eigenvalue weighted by Gasteiger charge is -2.59. The molecule has 0 heterocycles. The van der Waals surface area contributed by atoms with Gasteiger partial charge in [0.05, 0.1) is 12.0 Å². The largest absolute Gasteiger partial charge is 0.635 e. The van der Waals surface area contributed by atoms with Crippen molar-refractivity contribution in [2.45, 2.75) is 56.0 Å². The van der Waals surface area contributed by atoms with Crippen molar-refractivity contribution in [1.29, 1.82) is 0 Å². The van der Waals surface area contributed by atoms with Crippen LogP contribution in [0.3, 0.4) is 0 Å². The van der Waals surface area contributed by atoms with Gasteiger partial charge in [-0.05, 0) is 13.5 Å². The van der Waals surface area contributed by atoms with Gasteiger partial charge in [0.25, 0.3) is 8.32 Å². The van der Waals surface area contributed by atoms with Crippen LogP contribution in [0.25, 0.3) is 0 Å². The van der Waals surface area contributed by atoms with Gasteiger partial charge in [0, 0.05) is 5.04 Å². The van der Waals surface area contributed by atoms with Crippen molar-refractivity contribution in [1.82, 2.24) is 0 Å². The van der Waals surface area contributed by atoms with Crippen LogP contribution in [-0.4, -0.2) is 97.5 Å². The van der Waals surface area contributed by atoms with Crippen LogP contribution in [0.1, 0.15) is 27.2 Å². The predicted molar refractivity (Wildman–Crippen MR) is 131 cm³/mol. The fourth-order valence-corrected chi connectivity index (χ4v) is 24.1. The van der Waals surface area contributed by atoms with Crippen LogP contribution in [-0.2, 0) is 29.7 Å². The monoisotopic (exact) mass is 560 g/mol. The van der Waals surface area contributed by atoms with Gasteiger partial charge in [-0.25, -0.2) is 0 Å². The molecule has 0 amide bonds. The number of halogens is 3. The molecule has 0 saturated heterocycles. The summed E-state index contributed by atoms with van der Waals surface area (Å²) < 4.78 is 81.6. The van der Waals surface area contributed by atoms with Crippen LogP contribution in [0, 0.1) is 0 Å². The Morgan fingerprint density at radius 3 is 1.52 bits per heavy atom. The zero-order chi connectivity index (χ0) is 23.4. The first kappa shape index (κ1) is 30.0. The van der Waals surface area contributed by atoms with E-state index >= 15 is 0 Å². The van der Waals surface area contributed by atoms with E-state index < -0.39 is 46.0 Å². The first-order valence-corrected chi connectivity index (χ1v) is 17.7. The highest BCUT2D eigenvalue weighted by molar-refractivity contribution is 6.86. The molecule has 0 aliphatic rings. The van der Waals surface area contributed by atoms with Gasteiger partial charge in [-0.15, -0.1) is 6.58 Å². The second-order valence-corrected chi connectivity index (χ2v) is 19.5. The molecule has 0 fully saturated rings. The van der Waals surface area contributed by atoms with Gasteiger partial charge in [-0.3, -0.25) is 0 Å². The molecule has 2 atom stereocenters. The summed E-state index contributed by atoms with van der Waals surface area (Å²) in [6.45, 7) is 10.6. The summed E-state index contributed by atoms with van der Waals surface area (Å²) in [5, 5.41) is -1.21. The van der Waals surface area contributed by atoms with E-state index in [2.05, 4.69) is 6.58 Å². The fraction of sp³-hybridized carbons (Fsp3) is 0.818. The first-order chi connectivity index (χ1) is 13.1. The molecule has 0 rings (SSSR count). The minimum Gasteiger partial charge on any atom is -0.418 e. The lowest BCUT2D eigenvalue weighted by atomic mass is 9.85. The van der Waals surface area contributed by atoms with Crippen molar-refractivity contribution in [3.8, 4) is 0 Å². The Kier molecular flexibility index (Phi) is 11.1. The highest BCUT2D eigenvalue weighted by Gasteiger charge is 2.70. The van der Waals surface area contributed by atoms with Gasteiger partial charge >= 0.3 is 15.2 Å². The normalized spacial score (nSPS) is 22.2. The Balaban J connectivity index is 6.97. The molecule has 7 nitrogen and oxygen atoms in total. The number of rotatable bonds is 13. The van der Waals surface area contributed by atoms with Crippen LogP contribution < -0.4 is 0 Å². The van der Waals surface area contributed by atoms with E-state index in [9.17, 15) is 13.2 Å². The quantitative estimate of drug-likeness (QED) is 0.128. The van der Waals surface area contributed by atoms with Crippen molar-refractivity contribution in [3.63, 3.8) is 0 Å². The van der Waals surface area contributed by atoms with Gasteiger partial charge in [0.15, 0.2) is 5.41 Å². The summed E-state index contributed by atoms with van der Waals surface area (Å²) >= 11 is 0. The first-order valence-electron chi connectivity index (χ1n) is 8.80. The molecule has 0 aromatic carbocycles. The second kappa shape index (κ2) is 10.7. The van der Waals surface area contributed by atoms with Crippen LogP contribution in [0.15, 0.2) is 12.7 Å². The van der Waals surface area contributed by atoms with Gasteiger partial charge in [0.1, 0.15) is 62.9 Å². The maximum absolute atomic E-state index is 13.6. The van der Waals surface area contributed by atoms with Gasteiger partial charge in [0.2, 0.25) is 0 Å². The average molecular weight is 561 g/mol. The fourth-order valence-electron chi connectivity index (χ4n) is 3.55. The summed E-state index contributed by atoms with van der Waals surface area (Å²) in [7, 11) is -5.51. The highest BCUT2D eigenvalue weighted by Crippen LogP contribution is 2.58. The molecule has 0 bridgehead atoms. The molecular formula is C11H35F3O7Si8. The van der Waals surface area contributed by atoms with E-state index in [-0.39, 0.29) is 41.9 Å². The number of hydrogen-bond donors (Lipinski definition) is 0. The smallest absolute Gasteiger partial charge is 0.418 e. The molecule has 2 unspecified atom stereocenters.